The Bertz CT molecular complexity index is 783. The molecule has 0 bridgehead atoms. The summed E-state index contributed by atoms with van der Waals surface area (Å²) in [4.78, 5) is 8.59. The van der Waals surface area contributed by atoms with E-state index >= 15 is 0 Å². The normalized spacial score (nSPS) is 25.7. The SMILES string of the molecule is O=[N+]([O-])[C@]1(Cl)[C@@H](O)c2cc(CO)ccc2O[C@H]1c1ccc(Cl)cc1. The minimum absolute atomic E-state index is 0.165. The first-order valence-electron chi connectivity index (χ1n) is 7.05. The first-order chi connectivity index (χ1) is 11.4. The molecule has 0 aromatic heterocycles. The molecule has 0 amide bonds. The maximum atomic E-state index is 11.7. The molecule has 126 valence electrons. The van der Waals surface area contributed by atoms with Crippen molar-refractivity contribution in [2.24, 2.45) is 0 Å². The Morgan fingerprint density at radius 1 is 1.25 bits per heavy atom. The van der Waals surface area contributed by atoms with E-state index in [2.05, 4.69) is 0 Å². The van der Waals surface area contributed by atoms with Crippen molar-refractivity contribution < 1.29 is 19.9 Å². The first-order valence-corrected chi connectivity index (χ1v) is 7.80. The number of aliphatic hydroxyl groups excluding tert-OH is 2. The molecule has 1 aliphatic heterocycles. The Balaban J connectivity index is 2.14. The lowest BCUT2D eigenvalue weighted by atomic mass is 9.89. The molecule has 2 N–H and O–H groups in total. The van der Waals surface area contributed by atoms with E-state index in [1.165, 1.54) is 6.07 Å². The molecule has 0 unspecified atom stereocenters. The number of halogens is 2. The van der Waals surface area contributed by atoms with Crippen LogP contribution in [0, 0.1) is 10.1 Å². The maximum Gasteiger partial charge on any atom is 0.364 e. The van der Waals surface area contributed by atoms with Crippen molar-refractivity contribution in [3.8, 4) is 5.75 Å². The van der Waals surface area contributed by atoms with Crippen LogP contribution in [0.1, 0.15) is 28.9 Å². The third kappa shape index (κ3) is 2.61. The molecule has 6 nitrogen and oxygen atoms in total. The van der Waals surface area contributed by atoms with Crippen LogP contribution < -0.4 is 4.74 Å². The van der Waals surface area contributed by atoms with Crippen molar-refractivity contribution in [1.29, 1.82) is 0 Å². The summed E-state index contributed by atoms with van der Waals surface area (Å²) in [6.07, 6.45) is -2.83. The fourth-order valence-electron chi connectivity index (χ4n) is 2.72. The van der Waals surface area contributed by atoms with Crippen molar-refractivity contribution in [3.63, 3.8) is 0 Å². The summed E-state index contributed by atoms with van der Waals surface area (Å²) in [5.74, 6) is 0.276. The molecule has 0 fully saturated rings. The van der Waals surface area contributed by atoms with E-state index in [0.717, 1.165) is 0 Å². The Labute approximate surface area is 147 Å². The number of nitrogens with zero attached hydrogens (tertiary/aromatic N) is 1. The number of fused-ring (bicyclic) bond motifs is 1. The number of rotatable bonds is 3. The van der Waals surface area contributed by atoms with E-state index in [0.29, 0.717) is 16.1 Å². The van der Waals surface area contributed by atoms with Crippen molar-refractivity contribution >= 4 is 23.2 Å². The van der Waals surface area contributed by atoms with E-state index in [1.807, 2.05) is 0 Å². The highest BCUT2D eigenvalue weighted by molar-refractivity contribution is 6.30. The van der Waals surface area contributed by atoms with Crippen molar-refractivity contribution in [3.05, 3.63) is 74.3 Å². The Morgan fingerprint density at radius 2 is 1.92 bits per heavy atom. The lowest BCUT2D eigenvalue weighted by Crippen LogP contribution is -2.49. The van der Waals surface area contributed by atoms with Crippen LogP contribution in [0.3, 0.4) is 0 Å². The van der Waals surface area contributed by atoms with E-state index in [4.69, 9.17) is 27.9 Å². The lowest BCUT2D eigenvalue weighted by Gasteiger charge is -2.37. The standard InChI is InChI=1S/C16H13Cl2NO5/c17-11-4-2-10(3-5-11)15-16(18,19(22)23)14(21)12-7-9(8-20)1-6-13(12)24-15/h1-7,14-15,20-21H,8H2/t14-,15-,16+/m0/s1. The number of benzene rings is 2. The topological polar surface area (TPSA) is 92.8 Å². The number of hydrogen-bond donors (Lipinski definition) is 2. The summed E-state index contributed by atoms with van der Waals surface area (Å²) >= 11 is 12.1. The first kappa shape index (κ1) is 17.0. The second-order valence-electron chi connectivity index (χ2n) is 5.47. The van der Waals surface area contributed by atoms with Crippen LogP contribution in [0.4, 0.5) is 0 Å². The summed E-state index contributed by atoms with van der Waals surface area (Å²) in [5.41, 5.74) is 1.07. The lowest BCUT2D eigenvalue weighted by molar-refractivity contribution is -0.570. The second-order valence-corrected chi connectivity index (χ2v) is 6.51. The van der Waals surface area contributed by atoms with Gasteiger partial charge in [0.1, 0.15) is 5.75 Å². The molecule has 2 aromatic rings. The Kier molecular flexibility index (Phi) is 4.40. The van der Waals surface area contributed by atoms with Crippen LogP contribution in [0.2, 0.25) is 5.02 Å². The average molecular weight is 370 g/mol. The van der Waals surface area contributed by atoms with Crippen molar-refractivity contribution in [2.45, 2.75) is 23.8 Å². The van der Waals surface area contributed by atoms with Crippen LogP contribution in [0.15, 0.2) is 42.5 Å². The molecule has 0 saturated carbocycles. The van der Waals surface area contributed by atoms with Crippen LogP contribution in [0.25, 0.3) is 0 Å². The van der Waals surface area contributed by atoms with E-state index in [9.17, 15) is 20.3 Å². The molecular formula is C16H13Cl2NO5. The number of aliphatic hydroxyl groups is 2. The minimum Gasteiger partial charge on any atom is -0.476 e. The molecule has 0 aliphatic carbocycles. The summed E-state index contributed by atoms with van der Waals surface area (Å²) in [6, 6.07) is 10.9. The molecule has 0 saturated heterocycles. The van der Waals surface area contributed by atoms with Gasteiger partial charge >= 0.3 is 5.00 Å². The zero-order chi connectivity index (χ0) is 17.5. The maximum absolute atomic E-state index is 11.7. The van der Waals surface area contributed by atoms with Gasteiger partial charge < -0.3 is 14.9 Å². The predicted octanol–water partition coefficient (Wildman–Crippen LogP) is 3.21. The average Bonchev–Trinajstić information content (AvgIpc) is 2.58. The molecule has 24 heavy (non-hydrogen) atoms. The van der Waals surface area contributed by atoms with Crippen LogP contribution in [-0.2, 0) is 6.61 Å². The molecule has 8 heteroatoms. The molecule has 3 atom stereocenters. The number of hydrogen-bond acceptors (Lipinski definition) is 5. The highest BCUT2D eigenvalue weighted by Gasteiger charge is 2.61. The van der Waals surface area contributed by atoms with Gasteiger partial charge in [-0.05, 0) is 41.4 Å². The minimum atomic E-state index is -2.31. The summed E-state index contributed by atoms with van der Waals surface area (Å²) in [7, 11) is 0. The highest BCUT2D eigenvalue weighted by Crippen LogP contribution is 2.51. The highest BCUT2D eigenvalue weighted by atomic mass is 35.5. The van der Waals surface area contributed by atoms with Gasteiger partial charge in [-0.3, -0.25) is 10.1 Å². The molecule has 0 spiro atoms. The van der Waals surface area contributed by atoms with Gasteiger partial charge in [-0.25, -0.2) is 0 Å². The van der Waals surface area contributed by atoms with Gasteiger partial charge in [0.05, 0.1) is 11.5 Å². The van der Waals surface area contributed by atoms with E-state index < -0.39 is 22.1 Å². The molecule has 2 aromatic carbocycles. The summed E-state index contributed by atoms with van der Waals surface area (Å²) in [6.45, 7) is -0.269. The monoisotopic (exact) mass is 369 g/mol. The number of nitro groups is 1. The number of alkyl halides is 1. The van der Waals surface area contributed by atoms with E-state index in [-0.39, 0.29) is 17.9 Å². The van der Waals surface area contributed by atoms with Gasteiger partial charge in [-0.15, -0.1) is 0 Å². The van der Waals surface area contributed by atoms with Crippen LogP contribution >= 0.6 is 23.2 Å². The molecule has 3 rings (SSSR count). The van der Waals surface area contributed by atoms with Gasteiger partial charge in [0.15, 0.2) is 6.10 Å². The predicted molar refractivity (Wildman–Crippen MR) is 87.7 cm³/mol. The molecule has 1 heterocycles. The van der Waals surface area contributed by atoms with Crippen LogP contribution in [-0.4, -0.2) is 20.1 Å². The fourth-order valence-corrected chi connectivity index (χ4v) is 3.14. The largest absolute Gasteiger partial charge is 0.476 e. The summed E-state index contributed by atoms with van der Waals surface area (Å²) in [5, 5.41) is 31.9. The van der Waals surface area contributed by atoms with Gasteiger partial charge in [0.2, 0.25) is 6.10 Å². The fraction of sp³-hybridized carbons (Fsp3) is 0.250. The third-order valence-electron chi connectivity index (χ3n) is 4.00. The summed E-state index contributed by atoms with van der Waals surface area (Å²) < 4.78 is 5.75. The molecule has 1 aliphatic rings. The zero-order valence-corrected chi connectivity index (χ0v) is 13.7. The van der Waals surface area contributed by atoms with Crippen molar-refractivity contribution in [1.82, 2.24) is 0 Å². The van der Waals surface area contributed by atoms with Crippen molar-refractivity contribution in [2.75, 3.05) is 0 Å². The van der Waals surface area contributed by atoms with Gasteiger partial charge in [-0.1, -0.05) is 29.8 Å². The smallest absolute Gasteiger partial charge is 0.364 e. The zero-order valence-electron chi connectivity index (χ0n) is 12.2. The molecule has 0 radical (unpaired) electrons. The van der Waals surface area contributed by atoms with Crippen LogP contribution in [0.5, 0.6) is 5.75 Å². The van der Waals surface area contributed by atoms with E-state index in [1.54, 1.807) is 36.4 Å². The van der Waals surface area contributed by atoms with Gasteiger partial charge in [0.25, 0.3) is 0 Å². The number of ether oxygens (including phenoxy) is 1. The van der Waals surface area contributed by atoms with Gasteiger partial charge in [0, 0.05) is 16.1 Å². The quantitative estimate of drug-likeness (QED) is 0.375. The van der Waals surface area contributed by atoms with Gasteiger partial charge in [-0.2, -0.15) is 0 Å². The molecular weight excluding hydrogens is 357 g/mol. The Hall–Kier alpha value is -1.86. The second kappa shape index (κ2) is 6.22. The Morgan fingerprint density at radius 3 is 2.50 bits per heavy atom. The third-order valence-corrected chi connectivity index (χ3v) is 4.79.